The molecule has 4 nitrogen and oxygen atoms in total. The van der Waals surface area contributed by atoms with Gasteiger partial charge in [0.05, 0.1) is 6.61 Å². The van der Waals surface area contributed by atoms with Crippen LogP contribution in [0.4, 0.5) is 0 Å². The molecule has 0 N–H and O–H groups in total. The summed E-state index contributed by atoms with van der Waals surface area (Å²) in [4.78, 5) is 0. The van der Waals surface area contributed by atoms with Crippen molar-refractivity contribution in [3.63, 3.8) is 0 Å². The summed E-state index contributed by atoms with van der Waals surface area (Å²) < 4.78 is 26.2. The van der Waals surface area contributed by atoms with Gasteiger partial charge in [-0.3, -0.25) is 13.6 Å². The summed E-state index contributed by atoms with van der Waals surface area (Å²) in [5.74, 6) is 2.43. The Balaban J connectivity index is 2.82. The third-order valence-corrected chi connectivity index (χ3v) is 3.28. The van der Waals surface area contributed by atoms with Crippen molar-refractivity contribution in [3.05, 3.63) is 0 Å². The van der Waals surface area contributed by atoms with E-state index in [1.54, 1.807) is 0 Å². The van der Waals surface area contributed by atoms with Crippen molar-refractivity contribution >= 4 is 7.82 Å². The molecule has 5 heteroatoms. The van der Waals surface area contributed by atoms with E-state index >= 15 is 0 Å². The number of phosphoric ester groups is 1. The third-order valence-electron chi connectivity index (χ3n) is 1.91. The predicted octanol–water partition coefficient (Wildman–Crippen LogP) is 1.82. The minimum Gasteiger partial charge on any atom is -0.290 e. The molecule has 2 unspecified atom stereocenters. The summed E-state index contributed by atoms with van der Waals surface area (Å²) in [6.45, 7) is 4.04. The van der Waals surface area contributed by atoms with Gasteiger partial charge >= 0.3 is 7.82 Å². The molecule has 0 bridgehead atoms. The van der Waals surface area contributed by atoms with Crippen LogP contribution in [0, 0.1) is 17.8 Å². The highest BCUT2D eigenvalue weighted by Gasteiger charge is 2.44. The topological polar surface area (TPSA) is 44.8 Å². The number of hydrogen-bond donors (Lipinski definition) is 0. The Morgan fingerprint density at radius 1 is 1.69 bits per heavy atom. The molecule has 0 saturated carbocycles. The van der Waals surface area contributed by atoms with E-state index in [2.05, 4.69) is 10.4 Å². The second-order valence-electron chi connectivity index (χ2n) is 3.54. The predicted molar refractivity (Wildman–Crippen MR) is 48.1 cm³/mol. The molecule has 2 atom stereocenters. The zero-order valence-electron chi connectivity index (χ0n) is 7.94. The molecule has 1 rings (SSSR count). The number of phosphoric acid groups is 1. The van der Waals surface area contributed by atoms with E-state index in [-0.39, 0.29) is 12.0 Å². The maximum Gasteiger partial charge on any atom is 0.475 e. The van der Waals surface area contributed by atoms with E-state index in [1.165, 1.54) is 7.11 Å². The van der Waals surface area contributed by atoms with Crippen LogP contribution in [0.15, 0.2) is 0 Å². The van der Waals surface area contributed by atoms with Gasteiger partial charge in [0.1, 0.15) is 6.10 Å². The van der Waals surface area contributed by atoms with E-state index in [4.69, 9.17) is 15.5 Å². The van der Waals surface area contributed by atoms with Crippen LogP contribution >= 0.6 is 7.82 Å². The van der Waals surface area contributed by atoms with Gasteiger partial charge in [0, 0.05) is 12.5 Å². The van der Waals surface area contributed by atoms with Crippen molar-refractivity contribution < 1.29 is 18.1 Å². The van der Waals surface area contributed by atoms with Crippen molar-refractivity contribution in [2.45, 2.75) is 20.0 Å². The van der Waals surface area contributed by atoms with Crippen molar-refractivity contribution in [1.29, 1.82) is 0 Å². The molecule has 0 amide bonds. The highest BCUT2D eigenvalue weighted by Crippen LogP contribution is 2.56. The molecule has 0 aliphatic carbocycles. The molecule has 0 aromatic heterocycles. The van der Waals surface area contributed by atoms with Gasteiger partial charge in [-0.2, -0.15) is 0 Å². The molecular formula is C8H13O4P. The van der Waals surface area contributed by atoms with Crippen LogP contribution in [0.1, 0.15) is 13.8 Å². The molecule has 1 aliphatic rings. The average molecular weight is 204 g/mol. The van der Waals surface area contributed by atoms with Crippen LogP contribution in [-0.4, -0.2) is 19.8 Å². The van der Waals surface area contributed by atoms with Crippen LogP contribution < -0.4 is 0 Å². The summed E-state index contributed by atoms with van der Waals surface area (Å²) in [5, 5.41) is 0. The van der Waals surface area contributed by atoms with E-state index in [0.717, 1.165) is 0 Å². The smallest absolute Gasteiger partial charge is 0.290 e. The highest BCUT2D eigenvalue weighted by atomic mass is 31.2. The molecule has 13 heavy (non-hydrogen) atoms. The Kier molecular flexibility index (Phi) is 2.84. The van der Waals surface area contributed by atoms with E-state index in [0.29, 0.717) is 0 Å². The van der Waals surface area contributed by atoms with Crippen LogP contribution in [0.2, 0.25) is 0 Å². The quantitative estimate of drug-likeness (QED) is 0.482. The first-order valence-electron chi connectivity index (χ1n) is 3.88. The minimum atomic E-state index is -3.39. The van der Waals surface area contributed by atoms with Crippen molar-refractivity contribution in [2.24, 2.45) is 5.41 Å². The number of hydrogen-bond acceptors (Lipinski definition) is 4. The van der Waals surface area contributed by atoms with Gasteiger partial charge in [0.25, 0.3) is 0 Å². The van der Waals surface area contributed by atoms with Crippen LogP contribution in [0.25, 0.3) is 0 Å². The van der Waals surface area contributed by atoms with Crippen LogP contribution in [0.3, 0.4) is 0 Å². The molecule has 1 heterocycles. The molecular weight excluding hydrogens is 191 g/mol. The zero-order chi connectivity index (χ0) is 10.1. The SMILES string of the molecule is C#CC1OP(=O)(OC)OCC1(C)C. The van der Waals surface area contributed by atoms with Crippen molar-refractivity contribution in [2.75, 3.05) is 13.7 Å². The van der Waals surface area contributed by atoms with Gasteiger partial charge < -0.3 is 0 Å². The lowest BCUT2D eigenvalue weighted by atomic mass is 9.88. The third kappa shape index (κ3) is 2.12. The summed E-state index contributed by atoms with van der Waals surface area (Å²) in [5.41, 5.74) is -0.332. The van der Waals surface area contributed by atoms with Gasteiger partial charge in [-0.15, -0.1) is 6.42 Å². The monoisotopic (exact) mass is 204 g/mol. The minimum absolute atomic E-state index is 0.271. The lowest BCUT2D eigenvalue weighted by molar-refractivity contribution is -0.0233. The standard InChI is InChI=1S/C8H13O4P/c1-5-7-8(2,3)6-11-13(9,10-4)12-7/h1,7H,6H2,2-4H3. The molecule has 0 spiro atoms. The Morgan fingerprint density at radius 3 is 2.77 bits per heavy atom. The van der Waals surface area contributed by atoms with Crippen LogP contribution in [-0.2, 0) is 18.1 Å². The Hall–Kier alpha value is -0.330. The summed E-state index contributed by atoms with van der Waals surface area (Å²) in [6.07, 6.45) is 4.71. The Morgan fingerprint density at radius 2 is 2.31 bits per heavy atom. The fourth-order valence-electron chi connectivity index (χ4n) is 0.975. The number of rotatable bonds is 1. The second kappa shape index (κ2) is 3.43. The fraction of sp³-hybridized carbons (Fsp3) is 0.750. The molecule has 0 aromatic carbocycles. The maximum atomic E-state index is 11.5. The first-order valence-corrected chi connectivity index (χ1v) is 5.34. The molecule has 0 aromatic rings. The lowest BCUT2D eigenvalue weighted by Crippen LogP contribution is -2.38. The summed E-state index contributed by atoms with van der Waals surface area (Å²) in [6, 6.07) is 0. The Bertz CT molecular complexity index is 278. The van der Waals surface area contributed by atoms with Gasteiger partial charge in [0.15, 0.2) is 0 Å². The summed E-state index contributed by atoms with van der Waals surface area (Å²) in [7, 11) is -2.12. The van der Waals surface area contributed by atoms with Gasteiger partial charge in [-0.1, -0.05) is 19.8 Å². The van der Waals surface area contributed by atoms with Gasteiger partial charge in [0.2, 0.25) is 0 Å². The number of terminal acetylenes is 1. The highest BCUT2D eigenvalue weighted by molar-refractivity contribution is 7.48. The largest absolute Gasteiger partial charge is 0.475 e. The van der Waals surface area contributed by atoms with Gasteiger partial charge in [-0.05, 0) is 0 Å². The summed E-state index contributed by atoms with van der Waals surface area (Å²) >= 11 is 0. The molecule has 0 radical (unpaired) electrons. The molecule has 74 valence electrons. The Labute approximate surface area is 78.2 Å². The van der Waals surface area contributed by atoms with Crippen molar-refractivity contribution in [3.8, 4) is 12.3 Å². The fourth-order valence-corrected chi connectivity index (χ4v) is 2.32. The van der Waals surface area contributed by atoms with Gasteiger partial charge in [-0.25, -0.2) is 4.57 Å². The average Bonchev–Trinajstić information content (AvgIpc) is 2.10. The lowest BCUT2D eigenvalue weighted by Gasteiger charge is -2.37. The normalized spacial score (nSPS) is 38.2. The second-order valence-corrected chi connectivity index (χ2v) is 5.27. The molecule has 1 saturated heterocycles. The van der Waals surface area contributed by atoms with Crippen LogP contribution in [0.5, 0.6) is 0 Å². The first kappa shape index (κ1) is 10.7. The first-order chi connectivity index (χ1) is 5.93. The van der Waals surface area contributed by atoms with E-state index < -0.39 is 13.9 Å². The van der Waals surface area contributed by atoms with E-state index in [9.17, 15) is 4.57 Å². The molecule has 1 aliphatic heterocycles. The maximum absolute atomic E-state index is 11.5. The van der Waals surface area contributed by atoms with E-state index in [1.807, 2.05) is 13.8 Å². The van der Waals surface area contributed by atoms with Crippen molar-refractivity contribution in [1.82, 2.24) is 0 Å². The molecule has 1 fully saturated rings. The zero-order valence-corrected chi connectivity index (χ0v) is 8.84.